The van der Waals surface area contributed by atoms with Crippen LogP contribution in [0.5, 0.6) is 11.6 Å². The molecule has 6 heteroatoms. The summed E-state index contributed by atoms with van der Waals surface area (Å²) in [6, 6.07) is 7.81. The Bertz CT molecular complexity index is 720. The Morgan fingerprint density at radius 2 is 2.00 bits per heavy atom. The predicted molar refractivity (Wildman–Crippen MR) is 77.1 cm³/mol. The highest BCUT2D eigenvalue weighted by Crippen LogP contribution is 2.27. The second-order valence-corrected chi connectivity index (χ2v) is 4.43. The fraction of sp³-hybridized carbons (Fsp3) is 0.214. The van der Waals surface area contributed by atoms with Crippen molar-refractivity contribution in [3.05, 3.63) is 36.0 Å². The normalized spacial score (nSPS) is 10.7. The lowest BCUT2D eigenvalue weighted by molar-refractivity contribution is 0.469. The Balaban J connectivity index is 2.00. The summed E-state index contributed by atoms with van der Waals surface area (Å²) in [5.74, 6) is 1.74. The maximum atomic E-state index is 5.84. The minimum absolute atomic E-state index is 0.489. The summed E-state index contributed by atoms with van der Waals surface area (Å²) in [5, 5.41) is 10.6. The van der Waals surface area contributed by atoms with Gasteiger partial charge in [-0.2, -0.15) is 15.1 Å². The van der Waals surface area contributed by atoms with Crippen LogP contribution < -0.4 is 10.1 Å². The summed E-state index contributed by atoms with van der Waals surface area (Å²) in [6.07, 6.45) is 1.66. The van der Waals surface area contributed by atoms with Gasteiger partial charge in [-0.25, -0.2) is 0 Å². The van der Waals surface area contributed by atoms with Gasteiger partial charge in [-0.15, -0.1) is 0 Å². The Morgan fingerprint density at radius 3 is 2.75 bits per heavy atom. The number of hydrogen-bond acceptors (Lipinski definition) is 5. The molecule has 2 N–H and O–H groups in total. The van der Waals surface area contributed by atoms with Crippen molar-refractivity contribution in [2.75, 3.05) is 11.9 Å². The van der Waals surface area contributed by atoms with Crippen molar-refractivity contribution in [2.45, 2.75) is 13.8 Å². The van der Waals surface area contributed by atoms with E-state index in [1.807, 2.05) is 38.1 Å². The Hall–Kier alpha value is -2.63. The number of hydrogen-bond donors (Lipinski definition) is 2. The molecule has 0 saturated heterocycles. The van der Waals surface area contributed by atoms with Gasteiger partial charge in [-0.05, 0) is 26.0 Å². The zero-order chi connectivity index (χ0) is 13.9. The molecule has 0 aliphatic rings. The van der Waals surface area contributed by atoms with Gasteiger partial charge in [0.1, 0.15) is 11.1 Å². The van der Waals surface area contributed by atoms with E-state index in [0.29, 0.717) is 17.5 Å². The Morgan fingerprint density at radius 1 is 1.20 bits per heavy atom. The molecule has 2 aromatic heterocycles. The molecule has 3 rings (SSSR count). The molecule has 0 unspecified atom stereocenters. The first-order valence-electron chi connectivity index (χ1n) is 6.46. The smallest absolute Gasteiger partial charge is 0.235 e. The van der Waals surface area contributed by atoms with Crippen LogP contribution in [0.15, 0.2) is 30.5 Å². The molecular weight excluding hydrogens is 254 g/mol. The van der Waals surface area contributed by atoms with Gasteiger partial charge in [0.05, 0.1) is 6.20 Å². The van der Waals surface area contributed by atoms with Gasteiger partial charge < -0.3 is 10.1 Å². The third-order valence-electron chi connectivity index (χ3n) is 2.85. The lowest BCUT2D eigenvalue weighted by Crippen LogP contribution is -2.03. The first-order chi connectivity index (χ1) is 9.76. The van der Waals surface area contributed by atoms with Gasteiger partial charge in [0.15, 0.2) is 5.65 Å². The van der Waals surface area contributed by atoms with E-state index < -0.39 is 0 Å². The summed E-state index contributed by atoms with van der Waals surface area (Å²) >= 11 is 0. The zero-order valence-electron chi connectivity index (χ0n) is 11.3. The molecule has 0 aliphatic carbocycles. The summed E-state index contributed by atoms with van der Waals surface area (Å²) in [4.78, 5) is 8.70. The van der Waals surface area contributed by atoms with Crippen molar-refractivity contribution in [1.29, 1.82) is 0 Å². The van der Waals surface area contributed by atoms with Crippen LogP contribution >= 0.6 is 0 Å². The number of fused-ring (bicyclic) bond motifs is 1. The van der Waals surface area contributed by atoms with Gasteiger partial charge in [0, 0.05) is 6.54 Å². The number of anilines is 1. The summed E-state index contributed by atoms with van der Waals surface area (Å²) in [6.45, 7) is 4.76. The average molecular weight is 269 g/mol. The lowest BCUT2D eigenvalue weighted by Gasteiger charge is -2.08. The Kier molecular flexibility index (Phi) is 3.20. The molecule has 0 radical (unpaired) electrons. The van der Waals surface area contributed by atoms with Gasteiger partial charge in [0.2, 0.25) is 11.8 Å². The van der Waals surface area contributed by atoms with Crippen molar-refractivity contribution in [3.63, 3.8) is 0 Å². The summed E-state index contributed by atoms with van der Waals surface area (Å²) in [7, 11) is 0. The molecule has 0 amide bonds. The fourth-order valence-electron chi connectivity index (χ4n) is 1.84. The number of benzene rings is 1. The number of aryl methyl sites for hydroxylation is 1. The zero-order valence-corrected chi connectivity index (χ0v) is 11.3. The van der Waals surface area contributed by atoms with E-state index in [9.17, 15) is 0 Å². The molecular formula is C14H15N5O. The molecule has 20 heavy (non-hydrogen) atoms. The number of aromatic nitrogens is 4. The van der Waals surface area contributed by atoms with Crippen LogP contribution in [0.3, 0.4) is 0 Å². The molecule has 0 spiro atoms. The number of ether oxygens (including phenoxy) is 1. The highest BCUT2D eigenvalue weighted by Gasteiger charge is 2.11. The molecule has 0 aliphatic heterocycles. The van der Waals surface area contributed by atoms with E-state index >= 15 is 0 Å². The van der Waals surface area contributed by atoms with Crippen molar-refractivity contribution in [1.82, 2.24) is 20.2 Å². The number of nitrogens with one attached hydrogen (secondary N) is 2. The van der Waals surface area contributed by atoms with Crippen molar-refractivity contribution < 1.29 is 4.74 Å². The van der Waals surface area contributed by atoms with Crippen LogP contribution in [0.25, 0.3) is 11.0 Å². The van der Waals surface area contributed by atoms with Crippen molar-refractivity contribution in [3.8, 4) is 11.6 Å². The van der Waals surface area contributed by atoms with E-state index in [-0.39, 0.29) is 0 Å². The largest absolute Gasteiger partial charge is 0.438 e. The van der Waals surface area contributed by atoms with Crippen molar-refractivity contribution >= 4 is 17.0 Å². The number of nitrogens with zero attached hydrogens (tertiary/aromatic N) is 3. The van der Waals surface area contributed by atoms with Crippen LogP contribution in [0.2, 0.25) is 0 Å². The average Bonchev–Trinajstić information content (AvgIpc) is 2.90. The van der Waals surface area contributed by atoms with Crippen LogP contribution in [-0.4, -0.2) is 26.7 Å². The molecule has 3 aromatic rings. The monoisotopic (exact) mass is 269 g/mol. The van der Waals surface area contributed by atoms with Crippen LogP contribution in [-0.2, 0) is 0 Å². The van der Waals surface area contributed by atoms with E-state index in [1.54, 1.807) is 6.20 Å². The molecule has 102 valence electrons. The van der Waals surface area contributed by atoms with E-state index in [0.717, 1.165) is 17.7 Å². The maximum Gasteiger partial charge on any atom is 0.235 e. The Labute approximate surface area is 116 Å². The maximum absolute atomic E-state index is 5.84. The van der Waals surface area contributed by atoms with Crippen molar-refractivity contribution in [2.24, 2.45) is 0 Å². The molecule has 0 atom stereocenters. The van der Waals surface area contributed by atoms with Gasteiger partial charge >= 0.3 is 0 Å². The molecule has 0 bridgehead atoms. The SMILES string of the molecule is CCNc1nc(Oc2ccc(C)cc2)c2cn[nH]c2n1. The van der Waals surface area contributed by atoms with Gasteiger partial charge in [0.25, 0.3) is 0 Å². The molecule has 6 nitrogen and oxygen atoms in total. The molecule has 2 heterocycles. The van der Waals surface area contributed by atoms with E-state index in [4.69, 9.17) is 4.74 Å². The molecule has 1 aromatic carbocycles. The minimum Gasteiger partial charge on any atom is -0.438 e. The minimum atomic E-state index is 0.489. The summed E-state index contributed by atoms with van der Waals surface area (Å²) in [5.41, 5.74) is 1.83. The van der Waals surface area contributed by atoms with Crippen LogP contribution in [0, 0.1) is 6.92 Å². The number of H-pyrrole nitrogens is 1. The first-order valence-corrected chi connectivity index (χ1v) is 6.46. The third-order valence-corrected chi connectivity index (χ3v) is 2.85. The standard InChI is InChI=1S/C14H15N5O/c1-3-15-14-17-12-11(8-16-19-12)13(18-14)20-10-6-4-9(2)5-7-10/h4-8H,3H2,1-2H3,(H2,15,16,17,18,19). The van der Waals surface area contributed by atoms with Crippen LogP contribution in [0.4, 0.5) is 5.95 Å². The van der Waals surface area contributed by atoms with E-state index in [1.165, 1.54) is 5.56 Å². The third kappa shape index (κ3) is 2.40. The second kappa shape index (κ2) is 5.16. The predicted octanol–water partition coefficient (Wildman–Crippen LogP) is 2.89. The van der Waals surface area contributed by atoms with Crippen LogP contribution in [0.1, 0.15) is 12.5 Å². The lowest BCUT2D eigenvalue weighted by atomic mass is 10.2. The quantitative estimate of drug-likeness (QED) is 0.761. The van der Waals surface area contributed by atoms with Gasteiger partial charge in [-0.3, -0.25) is 5.10 Å². The topological polar surface area (TPSA) is 75.7 Å². The number of rotatable bonds is 4. The van der Waals surface area contributed by atoms with E-state index in [2.05, 4.69) is 25.5 Å². The van der Waals surface area contributed by atoms with Gasteiger partial charge in [-0.1, -0.05) is 17.7 Å². The highest BCUT2D eigenvalue weighted by molar-refractivity contribution is 5.80. The first kappa shape index (κ1) is 12.4. The second-order valence-electron chi connectivity index (χ2n) is 4.43. The highest BCUT2D eigenvalue weighted by atomic mass is 16.5. The summed E-state index contributed by atoms with van der Waals surface area (Å²) < 4.78 is 5.84. The number of aromatic amines is 1. The fourth-order valence-corrected chi connectivity index (χ4v) is 1.84. The molecule has 0 fully saturated rings. The molecule has 0 saturated carbocycles.